The average molecular weight is 326 g/mol. The molecule has 1 fully saturated rings. The Balaban J connectivity index is 1.72. The van der Waals surface area contributed by atoms with Crippen LogP contribution >= 0.6 is 0 Å². The highest BCUT2D eigenvalue weighted by Gasteiger charge is 2.24. The molecule has 0 amide bonds. The molecule has 118 valence electrons. The predicted molar refractivity (Wildman–Crippen MR) is 77.7 cm³/mol. The van der Waals surface area contributed by atoms with E-state index in [9.17, 15) is 12.8 Å². The summed E-state index contributed by atoms with van der Waals surface area (Å²) in [5, 5.41) is 3.98. The molecular weight excluding hydrogens is 311 g/mol. The third-order valence-corrected chi connectivity index (χ3v) is 4.57. The molecule has 0 aromatic carbocycles. The van der Waals surface area contributed by atoms with Gasteiger partial charge in [0.05, 0.1) is 11.9 Å². The predicted octanol–water partition coefficient (Wildman–Crippen LogP) is 1.33. The maximum Gasteiger partial charge on any atom is 0.236 e. The summed E-state index contributed by atoms with van der Waals surface area (Å²) < 4.78 is 46.5. The maximum atomic E-state index is 13.6. The van der Waals surface area contributed by atoms with Crippen LogP contribution in [0.3, 0.4) is 0 Å². The molecule has 1 saturated heterocycles. The molecule has 7 nitrogen and oxygen atoms in total. The summed E-state index contributed by atoms with van der Waals surface area (Å²) in [5.41, 5.74) is 0. The molecule has 2 aromatic heterocycles. The topological polar surface area (TPSA) is 86.1 Å². The van der Waals surface area contributed by atoms with Crippen molar-refractivity contribution in [2.75, 3.05) is 17.1 Å². The molecule has 22 heavy (non-hydrogen) atoms. The van der Waals surface area contributed by atoms with Gasteiger partial charge in [-0.25, -0.2) is 22.5 Å². The number of rotatable bonds is 5. The molecule has 0 spiro atoms. The van der Waals surface area contributed by atoms with E-state index in [4.69, 9.17) is 4.74 Å². The van der Waals surface area contributed by atoms with Gasteiger partial charge in [0, 0.05) is 25.1 Å². The first-order valence-electron chi connectivity index (χ1n) is 6.82. The standard InChI is InChI=1S/C13H15FN4O3S/c14-11-4-1-6-15-13(11)18-7-5-12(16-18)17-22(19,20)9-10-3-2-8-21-10/h1,4-7,10H,2-3,8-9H2,(H,16,17). The van der Waals surface area contributed by atoms with Crippen molar-refractivity contribution < 1.29 is 17.5 Å². The van der Waals surface area contributed by atoms with Crippen LogP contribution in [-0.2, 0) is 14.8 Å². The Kier molecular flexibility index (Phi) is 4.08. The van der Waals surface area contributed by atoms with E-state index in [-0.39, 0.29) is 23.5 Å². The Labute approximate surface area is 127 Å². The number of hydrogen-bond donors (Lipinski definition) is 1. The van der Waals surface area contributed by atoms with E-state index in [0.29, 0.717) is 6.61 Å². The summed E-state index contributed by atoms with van der Waals surface area (Å²) in [6, 6.07) is 4.17. The normalized spacial score (nSPS) is 18.5. The van der Waals surface area contributed by atoms with E-state index in [0.717, 1.165) is 12.8 Å². The highest BCUT2D eigenvalue weighted by Crippen LogP contribution is 2.16. The third kappa shape index (κ3) is 3.42. The second kappa shape index (κ2) is 6.01. The van der Waals surface area contributed by atoms with Crippen LogP contribution in [0.5, 0.6) is 0 Å². The zero-order valence-electron chi connectivity index (χ0n) is 11.6. The largest absolute Gasteiger partial charge is 0.377 e. The monoisotopic (exact) mass is 326 g/mol. The molecule has 1 N–H and O–H groups in total. The van der Waals surface area contributed by atoms with Gasteiger partial charge < -0.3 is 4.74 Å². The minimum Gasteiger partial charge on any atom is -0.377 e. The zero-order chi connectivity index (χ0) is 15.6. The van der Waals surface area contributed by atoms with Crippen molar-refractivity contribution in [3.05, 3.63) is 36.4 Å². The van der Waals surface area contributed by atoms with Gasteiger partial charge in [0.1, 0.15) is 0 Å². The molecule has 3 heterocycles. The minimum atomic E-state index is -3.56. The number of halogens is 1. The molecule has 0 aliphatic carbocycles. The van der Waals surface area contributed by atoms with E-state index in [1.807, 2.05) is 0 Å². The van der Waals surface area contributed by atoms with Crippen LogP contribution in [0, 0.1) is 5.82 Å². The smallest absolute Gasteiger partial charge is 0.236 e. The van der Waals surface area contributed by atoms with Crippen LogP contribution in [0.1, 0.15) is 12.8 Å². The zero-order valence-corrected chi connectivity index (χ0v) is 12.5. The summed E-state index contributed by atoms with van der Waals surface area (Å²) in [5.74, 6) is -0.535. The van der Waals surface area contributed by atoms with Crippen molar-refractivity contribution in [2.24, 2.45) is 0 Å². The Morgan fingerprint density at radius 1 is 1.45 bits per heavy atom. The molecule has 1 unspecified atom stereocenters. The first kappa shape index (κ1) is 14.9. The van der Waals surface area contributed by atoms with Crippen LogP contribution in [0.2, 0.25) is 0 Å². The van der Waals surface area contributed by atoms with Crippen molar-refractivity contribution in [3.63, 3.8) is 0 Å². The van der Waals surface area contributed by atoms with Crippen molar-refractivity contribution in [3.8, 4) is 5.82 Å². The molecule has 1 aliphatic rings. The fourth-order valence-corrected chi connectivity index (χ4v) is 3.53. The van der Waals surface area contributed by atoms with Crippen LogP contribution in [0.4, 0.5) is 10.2 Å². The van der Waals surface area contributed by atoms with Gasteiger partial charge in [-0.05, 0) is 25.0 Å². The van der Waals surface area contributed by atoms with E-state index in [1.54, 1.807) is 0 Å². The number of aromatic nitrogens is 3. The van der Waals surface area contributed by atoms with Crippen molar-refractivity contribution >= 4 is 15.8 Å². The second-order valence-corrected chi connectivity index (χ2v) is 6.74. The van der Waals surface area contributed by atoms with Crippen LogP contribution in [-0.4, -0.2) is 41.6 Å². The first-order chi connectivity index (χ1) is 10.5. The van der Waals surface area contributed by atoms with Crippen molar-refractivity contribution in [1.29, 1.82) is 0 Å². The van der Waals surface area contributed by atoms with Gasteiger partial charge in [-0.1, -0.05) is 0 Å². The molecular formula is C13H15FN4O3S. The van der Waals surface area contributed by atoms with E-state index >= 15 is 0 Å². The Morgan fingerprint density at radius 3 is 3.05 bits per heavy atom. The number of nitrogens with zero attached hydrogens (tertiary/aromatic N) is 3. The summed E-state index contributed by atoms with van der Waals surface area (Å²) in [7, 11) is -3.56. The van der Waals surface area contributed by atoms with Crippen molar-refractivity contribution in [2.45, 2.75) is 18.9 Å². The average Bonchev–Trinajstić information content (AvgIpc) is 3.10. The fourth-order valence-electron chi connectivity index (χ4n) is 2.26. The van der Waals surface area contributed by atoms with E-state index < -0.39 is 15.8 Å². The molecule has 3 rings (SSSR count). The first-order valence-corrected chi connectivity index (χ1v) is 8.47. The number of hydrogen-bond acceptors (Lipinski definition) is 5. The number of pyridine rings is 1. The lowest BCUT2D eigenvalue weighted by Crippen LogP contribution is -2.25. The van der Waals surface area contributed by atoms with E-state index in [1.165, 1.54) is 35.3 Å². The lowest BCUT2D eigenvalue weighted by molar-refractivity contribution is 0.127. The summed E-state index contributed by atoms with van der Waals surface area (Å²) >= 11 is 0. The molecule has 2 aromatic rings. The number of ether oxygens (including phenoxy) is 1. The summed E-state index contributed by atoms with van der Waals surface area (Å²) in [6.45, 7) is 0.591. The third-order valence-electron chi connectivity index (χ3n) is 3.23. The molecule has 0 radical (unpaired) electrons. The second-order valence-electron chi connectivity index (χ2n) is 4.97. The van der Waals surface area contributed by atoms with Gasteiger partial charge in [-0.15, -0.1) is 5.10 Å². The van der Waals surface area contributed by atoms with Crippen LogP contribution < -0.4 is 4.72 Å². The Morgan fingerprint density at radius 2 is 2.32 bits per heavy atom. The molecule has 1 aliphatic heterocycles. The number of nitrogens with one attached hydrogen (secondary N) is 1. The maximum absolute atomic E-state index is 13.6. The summed E-state index contributed by atoms with van der Waals surface area (Å²) in [6.07, 6.45) is 4.19. The minimum absolute atomic E-state index is 0.00655. The van der Waals surface area contributed by atoms with Crippen LogP contribution in [0.25, 0.3) is 5.82 Å². The molecule has 0 bridgehead atoms. The fraction of sp³-hybridized carbons (Fsp3) is 0.385. The van der Waals surface area contributed by atoms with Gasteiger partial charge in [0.25, 0.3) is 0 Å². The van der Waals surface area contributed by atoms with E-state index in [2.05, 4.69) is 14.8 Å². The van der Waals surface area contributed by atoms with Gasteiger partial charge in [0.15, 0.2) is 17.5 Å². The Bertz CT molecular complexity index is 756. The lowest BCUT2D eigenvalue weighted by Gasteiger charge is -2.10. The molecule has 0 saturated carbocycles. The van der Waals surface area contributed by atoms with Gasteiger partial charge in [-0.2, -0.15) is 0 Å². The SMILES string of the molecule is O=S(=O)(CC1CCCO1)Nc1ccn(-c2ncccc2F)n1. The quantitative estimate of drug-likeness (QED) is 0.896. The van der Waals surface area contributed by atoms with Gasteiger partial charge in [0.2, 0.25) is 10.0 Å². The molecule has 1 atom stereocenters. The number of anilines is 1. The molecule has 9 heteroatoms. The number of sulfonamides is 1. The van der Waals surface area contributed by atoms with Crippen molar-refractivity contribution in [1.82, 2.24) is 14.8 Å². The van der Waals surface area contributed by atoms with Gasteiger partial charge in [-0.3, -0.25) is 4.72 Å². The highest BCUT2D eigenvalue weighted by atomic mass is 32.2. The Hall–Kier alpha value is -2.00. The van der Waals surface area contributed by atoms with Gasteiger partial charge >= 0.3 is 0 Å². The highest BCUT2D eigenvalue weighted by molar-refractivity contribution is 7.92. The van der Waals surface area contributed by atoms with Crippen LogP contribution in [0.15, 0.2) is 30.6 Å². The lowest BCUT2D eigenvalue weighted by atomic mass is 10.3. The summed E-state index contributed by atoms with van der Waals surface area (Å²) in [4.78, 5) is 3.87.